The van der Waals surface area contributed by atoms with Crippen LogP contribution in [0.4, 0.5) is 13.2 Å². The van der Waals surface area contributed by atoms with Crippen molar-refractivity contribution in [3.8, 4) is 0 Å². The number of carbonyl (C=O) groups is 1. The average Bonchev–Trinajstić information content (AvgIpc) is 2.80. The highest BCUT2D eigenvalue weighted by atomic mass is 19.4. The van der Waals surface area contributed by atoms with Crippen LogP contribution in [0.25, 0.3) is 0 Å². The molecule has 1 fully saturated rings. The van der Waals surface area contributed by atoms with Crippen LogP contribution in [0.2, 0.25) is 0 Å². The lowest BCUT2D eigenvalue weighted by molar-refractivity contribution is -0.265. The topological polar surface area (TPSA) is 65.0 Å². The quantitative estimate of drug-likeness (QED) is 0.747. The number of rotatable bonds is 6. The maximum absolute atomic E-state index is 12.8. The van der Waals surface area contributed by atoms with E-state index in [0.717, 1.165) is 0 Å². The predicted molar refractivity (Wildman–Crippen MR) is 57.2 cm³/mol. The van der Waals surface area contributed by atoms with Gasteiger partial charge in [0.15, 0.2) is 6.29 Å². The van der Waals surface area contributed by atoms with Crippen LogP contribution in [0.1, 0.15) is 26.2 Å². The van der Waals surface area contributed by atoms with Crippen LogP contribution in [0.3, 0.4) is 0 Å². The zero-order valence-electron chi connectivity index (χ0n) is 10.5. The minimum absolute atomic E-state index is 0.0699. The van der Waals surface area contributed by atoms with Gasteiger partial charge in [0.05, 0.1) is 19.8 Å². The predicted octanol–water partition coefficient (Wildman–Crippen LogP) is 1.39. The first-order valence-corrected chi connectivity index (χ1v) is 6.01. The molecule has 1 N–H and O–H groups in total. The molecular weight excluding hydrogens is 269 g/mol. The molecule has 0 saturated carbocycles. The van der Waals surface area contributed by atoms with Crippen LogP contribution < -0.4 is 0 Å². The smallest absolute Gasteiger partial charge is 0.428 e. The van der Waals surface area contributed by atoms with Crippen LogP contribution in [-0.4, -0.2) is 49.0 Å². The molecule has 112 valence electrons. The van der Waals surface area contributed by atoms with Crippen LogP contribution in [0, 0.1) is 0 Å². The van der Waals surface area contributed by atoms with Gasteiger partial charge in [-0.2, -0.15) is 13.2 Å². The van der Waals surface area contributed by atoms with E-state index in [4.69, 9.17) is 9.47 Å². The Morgan fingerprint density at radius 1 is 1.37 bits per heavy atom. The van der Waals surface area contributed by atoms with E-state index in [2.05, 4.69) is 4.74 Å². The third-order valence-electron chi connectivity index (χ3n) is 2.75. The number of ether oxygens (including phenoxy) is 3. The van der Waals surface area contributed by atoms with E-state index in [-0.39, 0.29) is 19.4 Å². The summed E-state index contributed by atoms with van der Waals surface area (Å²) in [6.07, 6.45) is -6.31. The summed E-state index contributed by atoms with van der Waals surface area (Å²) in [5.74, 6) is -1.67. The van der Waals surface area contributed by atoms with E-state index >= 15 is 0 Å². The molecule has 0 aliphatic carbocycles. The Kier molecular flexibility index (Phi) is 5.57. The van der Waals surface area contributed by atoms with Gasteiger partial charge in [-0.1, -0.05) is 0 Å². The molecular formula is C11H17F3O5. The summed E-state index contributed by atoms with van der Waals surface area (Å²) in [4.78, 5) is 11.3. The number of carbonyl (C=O) groups excluding carboxylic acids is 1. The van der Waals surface area contributed by atoms with Crippen LogP contribution >= 0.6 is 0 Å². The molecule has 1 saturated heterocycles. The van der Waals surface area contributed by atoms with Crippen LogP contribution in [0.15, 0.2) is 0 Å². The molecule has 19 heavy (non-hydrogen) atoms. The third kappa shape index (κ3) is 4.05. The van der Waals surface area contributed by atoms with Gasteiger partial charge in [0.25, 0.3) is 5.60 Å². The highest BCUT2D eigenvalue weighted by Gasteiger charge is 2.60. The van der Waals surface area contributed by atoms with Gasteiger partial charge in [-0.05, 0) is 26.2 Å². The molecule has 0 spiro atoms. The minimum Gasteiger partial charge on any atom is -0.464 e. The molecule has 0 amide bonds. The Balaban J connectivity index is 2.56. The maximum atomic E-state index is 12.8. The summed E-state index contributed by atoms with van der Waals surface area (Å²) in [6.45, 7) is 1.93. The van der Waals surface area contributed by atoms with E-state index in [1.54, 1.807) is 0 Å². The maximum Gasteiger partial charge on any atom is 0.428 e. The van der Waals surface area contributed by atoms with Gasteiger partial charge in [0.1, 0.15) is 0 Å². The molecule has 1 aliphatic heterocycles. The van der Waals surface area contributed by atoms with Crippen molar-refractivity contribution in [2.75, 3.05) is 19.8 Å². The normalized spacial score (nSPS) is 20.3. The molecule has 1 heterocycles. The van der Waals surface area contributed by atoms with Gasteiger partial charge in [-0.15, -0.1) is 0 Å². The van der Waals surface area contributed by atoms with Crippen molar-refractivity contribution >= 4 is 5.97 Å². The van der Waals surface area contributed by atoms with Gasteiger partial charge in [-0.3, -0.25) is 0 Å². The third-order valence-corrected chi connectivity index (χ3v) is 2.75. The SMILES string of the molecule is CCOC(=O)C(O)(CCCC1OCCO1)C(F)(F)F. The van der Waals surface area contributed by atoms with Gasteiger partial charge in [-0.25, -0.2) is 4.79 Å². The Bertz CT molecular complexity index is 301. The fourth-order valence-corrected chi connectivity index (χ4v) is 1.71. The summed E-state index contributed by atoms with van der Waals surface area (Å²) < 4.78 is 52.7. The average molecular weight is 286 g/mol. The molecule has 0 radical (unpaired) electrons. The fraction of sp³-hybridized carbons (Fsp3) is 0.909. The first-order valence-electron chi connectivity index (χ1n) is 6.01. The van der Waals surface area contributed by atoms with Crippen molar-refractivity contribution in [1.82, 2.24) is 0 Å². The first kappa shape index (κ1) is 16.2. The molecule has 1 atom stereocenters. The zero-order valence-corrected chi connectivity index (χ0v) is 10.5. The number of alkyl halides is 3. The lowest BCUT2D eigenvalue weighted by Crippen LogP contribution is -2.53. The summed E-state index contributed by atoms with van der Waals surface area (Å²) in [5, 5.41) is 9.54. The van der Waals surface area contributed by atoms with Gasteiger partial charge in [0.2, 0.25) is 0 Å². The molecule has 1 unspecified atom stereocenters. The van der Waals surface area contributed by atoms with Crippen LogP contribution in [-0.2, 0) is 19.0 Å². The second-order valence-electron chi connectivity index (χ2n) is 4.14. The first-order chi connectivity index (χ1) is 8.81. The van der Waals surface area contributed by atoms with E-state index < -0.39 is 30.5 Å². The van der Waals surface area contributed by atoms with Crippen molar-refractivity contribution < 1.29 is 37.3 Å². The summed E-state index contributed by atoms with van der Waals surface area (Å²) in [7, 11) is 0. The second kappa shape index (κ2) is 6.53. The molecule has 0 bridgehead atoms. The van der Waals surface area contributed by atoms with Gasteiger partial charge < -0.3 is 19.3 Å². The Morgan fingerprint density at radius 3 is 2.42 bits per heavy atom. The van der Waals surface area contributed by atoms with E-state index in [1.807, 2.05) is 0 Å². The fourth-order valence-electron chi connectivity index (χ4n) is 1.71. The number of aliphatic hydroxyl groups is 1. The summed E-state index contributed by atoms with van der Waals surface area (Å²) >= 11 is 0. The zero-order chi connectivity index (χ0) is 14.5. The molecule has 0 aromatic rings. The van der Waals surface area contributed by atoms with Crippen molar-refractivity contribution in [2.45, 2.75) is 44.3 Å². The van der Waals surface area contributed by atoms with Gasteiger partial charge >= 0.3 is 12.1 Å². The minimum atomic E-state index is -5.07. The van der Waals surface area contributed by atoms with Crippen molar-refractivity contribution in [3.63, 3.8) is 0 Å². The Hall–Kier alpha value is -0.860. The molecule has 1 rings (SSSR count). The van der Waals surface area contributed by atoms with E-state index in [9.17, 15) is 23.1 Å². The number of hydrogen-bond donors (Lipinski definition) is 1. The summed E-state index contributed by atoms with van der Waals surface area (Å²) in [5.41, 5.74) is -3.47. The van der Waals surface area contributed by atoms with Crippen molar-refractivity contribution in [3.05, 3.63) is 0 Å². The highest BCUT2D eigenvalue weighted by Crippen LogP contribution is 2.36. The molecule has 1 aliphatic rings. The van der Waals surface area contributed by atoms with Crippen LogP contribution in [0.5, 0.6) is 0 Å². The summed E-state index contributed by atoms with van der Waals surface area (Å²) in [6, 6.07) is 0. The standard InChI is InChI=1S/C11H17F3O5/c1-2-17-9(15)10(16,11(12,13)14)5-3-4-8-18-6-7-19-8/h8,16H,2-7H2,1H3. The molecule has 0 aromatic heterocycles. The Morgan fingerprint density at radius 2 is 1.95 bits per heavy atom. The number of esters is 1. The lowest BCUT2D eigenvalue weighted by atomic mass is 9.96. The lowest BCUT2D eigenvalue weighted by Gasteiger charge is -2.28. The number of hydrogen-bond acceptors (Lipinski definition) is 5. The van der Waals surface area contributed by atoms with E-state index in [0.29, 0.717) is 13.2 Å². The largest absolute Gasteiger partial charge is 0.464 e. The number of halogens is 3. The molecule has 0 aromatic carbocycles. The van der Waals surface area contributed by atoms with Gasteiger partial charge in [0, 0.05) is 0 Å². The Labute approximate surface area is 108 Å². The molecule has 8 heteroatoms. The van der Waals surface area contributed by atoms with E-state index in [1.165, 1.54) is 6.92 Å². The monoisotopic (exact) mass is 286 g/mol. The van der Waals surface area contributed by atoms with Crippen molar-refractivity contribution in [2.24, 2.45) is 0 Å². The second-order valence-corrected chi connectivity index (χ2v) is 4.14. The van der Waals surface area contributed by atoms with Crippen molar-refractivity contribution in [1.29, 1.82) is 0 Å². The highest BCUT2D eigenvalue weighted by molar-refractivity contribution is 5.80. The molecule has 5 nitrogen and oxygen atoms in total.